The molecule has 0 aliphatic heterocycles. The molecule has 0 unspecified atom stereocenters. The number of pyridine rings is 1. The molecule has 3 nitrogen and oxygen atoms in total. The minimum atomic E-state index is 0.481. The average Bonchev–Trinajstić information content (AvgIpc) is 2.41. The number of benzene rings is 1. The summed E-state index contributed by atoms with van der Waals surface area (Å²) in [6.45, 7) is 5.15. The van der Waals surface area contributed by atoms with Crippen molar-refractivity contribution in [3.8, 4) is 5.75 Å². The number of aromatic nitrogens is 1. The lowest BCUT2D eigenvalue weighted by atomic mass is 10.1. The van der Waals surface area contributed by atoms with Gasteiger partial charge in [-0.3, -0.25) is 4.98 Å². The SMILES string of the molecule is Cc1cccc(OCc2ccc(CN)cn2)c1C. The molecule has 0 radical (unpaired) electrons. The van der Waals surface area contributed by atoms with Crippen LogP contribution in [0.2, 0.25) is 0 Å². The fourth-order valence-corrected chi connectivity index (χ4v) is 1.69. The quantitative estimate of drug-likeness (QED) is 0.896. The maximum atomic E-state index is 5.78. The summed E-state index contributed by atoms with van der Waals surface area (Å²) in [5.74, 6) is 0.916. The second kappa shape index (κ2) is 5.65. The van der Waals surface area contributed by atoms with Crippen molar-refractivity contribution in [3.63, 3.8) is 0 Å². The van der Waals surface area contributed by atoms with Crippen molar-refractivity contribution in [2.24, 2.45) is 5.73 Å². The van der Waals surface area contributed by atoms with Crippen molar-refractivity contribution in [1.29, 1.82) is 0 Å². The molecule has 3 heteroatoms. The highest BCUT2D eigenvalue weighted by Gasteiger charge is 2.02. The van der Waals surface area contributed by atoms with Gasteiger partial charge in [-0.1, -0.05) is 18.2 Å². The fourth-order valence-electron chi connectivity index (χ4n) is 1.69. The maximum absolute atomic E-state index is 5.78. The second-order valence-electron chi connectivity index (χ2n) is 4.35. The fraction of sp³-hybridized carbons (Fsp3) is 0.267. The largest absolute Gasteiger partial charge is 0.487 e. The first-order valence-corrected chi connectivity index (χ1v) is 6.03. The number of aryl methyl sites for hydroxylation is 1. The van der Waals surface area contributed by atoms with Gasteiger partial charge in [0.1, 0.15) is 12.4 Å². The van der Waals surface area contributed by atoms with Gasteiger partial charge in [0.2, 0.25) is 0 Å². The molecule has 0 spiro atoms. The molecule has 2 N–H and O–H groups in total. The molecular formula is C15H18N2O. The zero-order valence-electron chi connectivity index (χ0n) is 10.8. The molecule has 0 aliphatic rings. The Labute approximate surface area is 108 Å². The predicted octanol–water partition coefficient (Wildman–Crippen LogP) is 2.74. The van der Waals surface area contributed by atoms with Gasteiger partial charge in [-0.2, -0.15) is 0 Å². The Morgan fingerprint density at radius 3 is 2.67 bits per heavy atom. The lowest BCUT2D eigenvalue weighted by Gasteiger charge is -2.10. The van der Waals surface area contributed by atoms with Gasteiger partial charge in [0.25, 0.3) is 0 Å². The summed E-state index contributed by atoms with van der Waals surface area (Å²) in [4.78, 5) is 4.31. The van der Waals surface area contributed by atoms with Crippen molar-refractivity contribution in [2.45, 2.75) is 27.0 Å². The summed E-state index contributed by atoms with van der Waals surface area (Å²) in [6, 6.07) is 10.00. The number of hydrogen-bond donors (Lipinski definition) is 1. The Bertz CT molecular complexity index is 521. The first-order chi connectivity index (χ1) is 8.70. The third-order valence-corrected chi connectivity index (χ3v) is 3.05. The normalized spacial score (nSPS) is 10.4. The molecule has 0 fully saturated rings. The first-order valence-electron chi connectivity index (χ1n) is 6.03. The van der Waals surface area contributed by atoms with Gasteiger partial charge in [0.15, 0.2) is 0 Å². The van der Waals surface area contributed by atoms with E-state index < -0.39 is 0 Å². The minimum Gasteiger partial charge on any atom is -0.487 e. The molecule has 0 amide bonds. The van der Waals surface area contributed by atoms with Gasteiger partial charge in [-0.25, -0.2) is 0 Å². The zero-order chi connectivity index (χ0) is 13.0. The van der Waals surface area contributed by atoms with Crippen LogP contribution < -0.4 is 10.5 Å². The van der Waals surface area contributed by atoms with Crippen LogP contribution >= 0.6 is 0 Å². The van der Waals surface area contributed by atoms with E-state index in [4.69, 9.17) is 10.5 Å². The molecule has 1 aromatic carbocycles. The van der Waals surface area contributed by atoms with Crippen LogP contribution in [0.3, 0.4) is 0 Å². The number of nitrogens with zero attached hydrogens (tertiary/aromatic N) is 1. The molecule has 1 heterocycles. The third kappa shape index (κ3) is 2.87. The van der Waals surface area contributed by atoms with E-state index in [0.717, 1.165) is 17.0 Å². The lowest BCUT2D eigenvalue weighted by molar-refractivity contribution is 0.299. The predicted molar refractivity (Wildman–Crippen MR) is 72.4 cm³/mol. The summed E-state index contributed by atoms with van der Waals surface area (Å²) >= 11 is 0. The Morgan fingerprint density at radius 2 is 2.00 bits per heavy atom. The van der Waals surface area contributed by atoms with Gasteiger partial charge in [-0.15, -0.1) is 0 Å². The Kier molecular flexibility index (Phi) is 3.95. The van der Waals surface area contributed by atoms with Gasteiger partial charge in [0, 0.05) is 12.7 Å². The van der Waals surface area contributed by atoms with E-state index in [0.29, 0.717) is 13.2 Å². The molecular weight excluding hydrogens is 224 g/mol. The first kappa shape index (κ1) is 12.6. The minimum absolute atomic E-state index is 0.481. The van der Waals surface area contributed by atoms with Crippen molar-refractivity contribution in [2.75, 3.05) is 0 Å². The maximum Gasteiger partial charge on any atom is 0.130 e. The molecule has 0 saturated heterocycles. The van der Waals surface area contributed by atoms with Crippen molar-refractivity contribution in [3.05, 3.63) is 58.9 Å². The van der Waals surface area contributed by atoms with E-state index in [1.165, 1.54) is 11.1 Å². The number of rotatable bonds is 4. The third-order valence-electron chi connectivity index (χ3n) is 3.05. The summed E-state index contributed by atoms with van der Waals surface area (Å²) < 4.78 is 5.78. The van der Waals surface area contributed by atoms with Gasteiger partial charge in [0.05, 0.1) is 5.69 Å². The van der Waals surface area contributed by atoms with Crippen LogP contribution in [-0.2, 0) is 13.2 Å². The highest BCUT2D eigenvalue weighted by molar-refractivity contribution is 5.38. The van der Waals surface area contributed by atoms with E-state index in [9.17, 15) is 0 Å². The van der Waals surface area contributed by atoms with Crippen LogP contribution in [0.4, 0.5) is 0 Å². The van der Waals surface area contributed by atoms with Crippen LogP contribution in [0.25, 0.3) is 0 Å². The molecule has 18 heavy (non-hydrogen) atoms. The Morgan fingerprint density at radius 1 is 1.17 bits per heavy atom. The molecule has 0 saturated carbocycles. The van der Waals surface area contributed by atoms with E-state index >= 15 is 0 Å². The Balaban J connectivity index is 2.04. The van der Waals surface area contributed by atoms with Crippen LogP contribution in [0.1, 0.15) is 22.4 Å². The number of nitrogens with two attached hydrogens (primary N) is 1. The van der Waals surface area contributed by atoms with Crippen molar-refractivity contribution < 1.29 is 4.74 Å². The standard InChI is InChI=1S/C15H18N2O/c1-11-4-3-5-15(12(11)2)18-10-14-7-6-13(8-16)9-17-14/h3-7,9H,8,10,16H2,1-2H3. The van der Waals surface area contributed by atoms with Crippen molar-refractivity contribution >= 4 is 0 Å². The van der Waals surface area contributed by atoms with Crippen LogP contribution in [-0.4, -0.2) is 4.98 Å². The summed E-state index contributed by atoms with van der Waals surface area (Å²) in [5.41, 5.74) is 9.89. The number of ether oxygens (including phenoxy) is 1. The Hall–Kier alpha value is -1.87. The molecule has 2 rings (SSSR count). The molecule has 2 aromatic rings. The molecule has 0 atom stereocenters. The lowest BCUT2D eigenvalue weighted by Crippen LogP contribution is -2.02. The molecule has 94 valence electrons. The van der Waals surface area contributed by atoms with Crippen LogP contribution in [0, 0.1) is 13.8 Å². The van der Waals surface area contributed by atoms with Crippen molar-refractivity contribution in [1.82, 2.24) is 4.98 Å². The van der Waals surface area contributed by atoms with E-state index in [2.05, 4.69) is 24.9 Å². The van der Waals surface area contributed by atoms with E-state index in [-0.39, 0.29) is 0 Å². The summed E-state index contributed by atoms with van der Waals surface area (Å²) in [5, 5.41) is 0. The molecule has 0 bridgehead atoms. The monoisotopic (exact) mass is 242 g/mol. The zero-order valence-corrected chi connectivity index (χ0v) is 10.8. The van der Waals surface area contributed by atoms with Crippen LogP contribution in [0.5, 0.6) is 5.75 Å². The van der Waals surface area contributed by atoms with Gasteiger partial charge >= 0.3 is 0 Å². The second-order valence-corrected chi connectivity index (χ2v) is 4.35. The highest BCUT2D eigenvalue weighted by atomic mass is 16.5. The molecule has 1 aromatic heterocycles. The summed E-state index contributed by atoms with van der Waals surface area (Å²) in [6.07, 6.45) is 1.79. The number of hydrogen-bond acceptors (Lipinski definition) is 3. The average molecular weight is 242 g/mol. The van der Waals surface area contributed by atoms with Crippen LogP contribution in [0.15, 0.2) is 36.5 Å². The molecule has 0 aliphatic carbocycles. The highest BCUT2D eigenvalue weighted by Crippen LogP contribution is 2.21. The van der Waals surface area contributed by atoms with Gasteiger partial charge in [-0.05, 0) is 42.7 Å². The topological polar surface area (TPSA) is 48.1 Å². The van der Waals surface area contributed by atoms with E-state index in [1.807, 2.05) is 24.3 Å². The van der Waals surface area contributed by atoms with E-state index in [1.54, 1.807) is 6.20 Å². The van der Waals surface area contributed by atoms with Gasteiger partial charge < -0.3 is 10.5 Å². The summed E-state index contributed by atoms with van der Waals surface area (Å²) in [7, 11) is 0. The smallest absolute Gasteiger partial charge is 0.130 e.